The van der Waals surface area contributed by atoms with Crippen LogP contribution in [0.3, 0.4) is 0 Å². The van der Waals surface area contributed by atoms with E-state index in [1.165, 1.54) is 5.56 Å². The molecule has 2 heterocycles. The first-order chi connectivity index (χ1) is 13.7. The average molecular weight is 402 g/mol. The van der Waals surface area contributed by atoms with Crippen LogP contribution in [0, 0.1) is 0 Å². The summed E-state index contributed by atoms with van der Waals surface area (Å²) in [5, 5.41) is 3.75. The van der Waals surface area contributed by atoms with Gasteiger partial charge in [0.25, 0.3) is 0 Å². The van der Waals surface area contributed by atoms with Crippen molar-refractivity contribution in [3.63, 3.8) is 0 Å². The van der Waals surface area contributed by atoms with Gasteiger partial charge >= 0.3 is 0 Å². The molecule has 0 unspecified atom stereocenters. The summed E-state index contributed by atoms with van der Waals surface area (Å²) in [4.78, 5) is 16.9. The molecule has 0 saturated carbocycles. The Kier molecular flexibility index (Phi) is 6.00. The molecule has 6 nitrogen and oxygen atoms in total. The molecule has 0 aliphatic carbocycles. The van der Waals surface area contributed by atoms with Gasteiger partial charge in [0.15, 0.2) is 11.5 Å². The first kappa shape index (κ1) is 19.1. The molecule has 1 amide bonds. The molecule has 28 heavy (non-hydrogen) atoms. The number of halogens is 1. The van der Waals surface area contributed by atoms with Crippen LogP contribution >= 0.6 is 11.6 Å². The zero-order valence-electron chi connectivity index (χ0n) is 15.7. The van der Waals surface area contributed by atoms with Crippen molar-refractivity contribution in [3.8, 4) is 11.5 Å². The van der Waals surface area contributed by atoms with Crippen LogP contribution in [-0.2, 0) is 17.9 Å². The van der Waals surface area contributed by atoms with E-state index in [0.717, 1.165) is 54.8 Å². The molecule has 2 aromatic carbocycles. The van der Waals surface area contributed by atoms with Crippen molar-refractivity contribution >= 4 is 17.5 Å². The van der Waals surface area contributed by atoms with Crippen LogP contribution in [0.1, 0.15) is 11.1 Å². The van der Waals surface area contributed by atoms with Crippen molar-refractivity contribution in [1.82, 2.24) is 15.1 Å². The van der Waals surface area contributed by atoms with Crippen LogP contribution < -0.4 is 14.8 Å². The van der Waals surface area contributed by atoms with E-state index in [2.05, 4.69) is 27.2 Å². The van der Waals surface area contributed by atoms with E-state index < -0.39 is 0 Å². The number of nitrogens with one attached hydrogen (secondary N) is 1. The molecule has 2 aromatic rings. The SMILES string of the molecule is O=C(CN1CCN(Cc2ccc(Cl)cc2)CC1)NCc1ccc2c(c1)OCO2. The van der Waals surface area contributed by atoms with E-state index in [1.54, 1.807) is 0 Å². The number of carbonyl (C=O) groups is 1. The second-order valence-electron chi connectivity index (χ2n) is 7.14. The number of nitrogens with zero attached hydrogens (tertiary/aromatic N) is 2. The number of amides is 1. The van der Waals surface area contributed by atoms with E-state index in [4.69, 9.17) is 21.1 Å². The number of fused-ring (bicyclic) bond motifs is 1. The van der Waals surface area contributed by atoms with Gasteiger partial charge in [0.2, 0.25) is 12.7 Å². The Morgan fingerprint density at radius 2 is 1.61 bits per heavy atom. The maximum atomic E-state index is 12.3. The van der Waals surface area contributed by atoms with Crippen molar-refractivity contribution in [2.24, 2.45) is 0 Å². The number of rotatable bonds is 6. The minimum Gasteiger partial charge on any atom is -0.454 e. The molecular weight excluding hydrogens is 378 g/mol. The van der Waals surface area contributed by atoms with E-state index >= 15 is 0 Å². The highest BCUT2D eigenvalue weighted by atomic mass is 35.5. The van der Waals surface area contributed by atoms with Gasteiger partial charge in [0.1, 0.15) is 0 Å². The van der Waals surface area contributed by atoms with Crippen LogP contribution in [0.5, 0.6) is 11.5 Å². The van der Waals surface area contributed by atoms with Gasteiger partial charge in [0, 0.05) is 44.3 Å². The largest absolute Gasteiger partial charge is 0.454 e. The molecule has 0 bridgehead atoms. The summed E-state index contributed by atoms with van der Waals surface area (Å²) >= 11 is 5.94. The second kappa shape index (κ2) is 8.82. The summed E-state index contributed by atoms with van der Waals surface area (Å²) < 4.78 is 10.7. The summed E-state index contributed by atoms with van der Waals surface area (Å²) in [6.07, 6.45) is 0. The third-order valence-corrected chi connectivity index (χ3v) is 5.33. The molecule has 1 N–H and O–H groups in total. The van der Waals surface area contributed by atoms with Gasteiger partial charge in [-0.1, -0.05) is 29.8 Å². The average Bonchev–Trinajstić information content (AvgIpc) is 3.17. The molecule has 7 heteroatoms. The zero-order valence-corrected chi connectivity index (χ0v) is 16.5. The summed E-state index contributed by atoms with van der Waals surface area (Å²) in [5.74, 6) is 1.54. The maximum absolute atomic E-state index is 12.3. The lowest BCUT2D eigenvalue weighted by atomic mass is 10.2. The normalized spacial score (nSPS) is 16.9. The molecule has 2 aliphatic heterocycles. The number of hydrogen-bond donors (Lipinski definition) is 1. The first-order valence-corrected chi connectivity index (χ1v) is 9.88. The Balaban J connectivity index is 1.18. The van der Waals surface area contributed by atoms with Gasteiger partial charge in [-0.3, -0.25) is 14.6 Å². The van der Waals surface area contributed by atoms with Crippen LogP contribution in [0.2, 0.25) is 5.02 Å². The highest BCUT2D eigenvalue weighted by molar-refractivity contribution is 6.30. The molecule has 148 valence electrons. The van der Waals surface area contributed by atoms with Gasteiger partial charge in [0.05, 0.1) is 6.54 Å². The van der Waals surface area contributed by atoms with Crippen molar-refractivity contribution in [2.75, 3.05) is 39.5 Å². The number of ether oxygens (including phenoxy) is 2. The number of carbonyl (C=O) groups excluding carboxylic acids is 1. The highest BCUT2D eigenvalue weighted by Crippen LogP contribution is 2.32. The minimum absolute atomic E-state index is 0.0452. The molecule has 0 aromatic heterocycles. The molecule has 0 atom stereocenters. The standard InChI is InChI=1S/C21H24ClN3O3/c22-18-4-1-16(2-5-18)13-24-7-9-25(10-8-24)14-21(26)23-12-17-3-6-19-20(11-17)28-15-27-19/h1-6,11H,7-10,12-15H2,(H,23,26). The Hall–Kier alpha value is -2.28. The first-order valence-electron chi connectivity index (χ1n) is 9.50. The van der Waals surface area contributed by atoms with Crippen molar-refractivity contribution in [3.05, 3.63) is 58.6 Å². The third-order valence-electron chi connectivity index (χ3n) is 5.08. The molecule has 0 radical (unpaired) electrons. The second-order valence-corrected chi connectivity index (χ2v) is 7.58. The topological polar surface area (TPSA) is 54.0 Å². The van der Waals surface area contributed by atoms with Crippen LogP contribution in [0.4, 0.5) is 0 Å². The fourth-order valence-corrected chi connectivity index (χ4v) is 3.59. The Morgan fingerprint density at radius 3 is 2.39 bits per heavy atom. The summed E-state index contributed by atoms with van der Waals surface area (Å²) in [6, 6.07) is 13.7. The fraction of sp³-hybridized carbons (Fsp3) is 0.381. The van der Waals surface area contributed by atoms with Gasteiger partial charge < -0.3 is 14.8 Å². The highest BCUT2D eigenvalue weighted by Gasteiger charge is 2.19. The third kappa shape index (κ3) is 4.95. The fourth-order valence-electron chi connectivity index (χ4n) is 3.46. The zero-order chi connectivity index (χ0) is 19.3. The van der Waals surface area contributed by atoms with Crippen LogP contribution in [0.15, 0.2) is 42.5 Å². The summed E-state index contributed by atoms with van der Waals surface area (Å²) in [5.41, 5.74) is 2.27. The van der Waals surface area contributed by atoms with Gasteiger partial charge in [-0.2, -0.15) is 0 Å². The smallest absolute Gasteiger partial charge is 0.234 e. The van der Waals surface area contributed by atoms with E-state index in [-0.39, 0.29) is 12.7 Å². The molecule has 2 aliphatic rings. The predicted octanol–water partition coefficient (Wildman–Crippen LogP) is 2.50. The minimum atomic E-state index is 0.0452. The van der Waals surface area contributed by atoms with E-state index in [1.807, 2.05) is 30.3 Å². The van der Waals surface area contributed by atoms with Crippen LogP contribution in [0.25, 0.3) is 0 Å². The maximum Gasteiger partial charge on any atom is 0.234 e. The number of hydrogen-bond acceptors (Lipinski definition) is 5. The lowest BCUT2D eigenvalue weighted by Crippen LogP contribution is -2.49. The molecule has 0 spiro atoms. The number of piperazine rings is 1. The van der Waals surface area contributed by atoms with Crippen molar-refractivity contribution in [1.29, 1.82) is 0 Å². The van der Waals surface area contributed by atoms with E-state index in [9.17, 15) is 4.79 Å². The lowest BCUT2D eigenvalue weighted by molar-refractivity contribution is -0.122. The Bertz CT molecular complexity index is 820. The van der Waals surface area contributed by atoms with Gasteiger partial charge in [-0.25, -0.2) is 0 Å². The Labute approximate surface area is 170 Å². The molecule has 1 fully saturated rings. The van der Waals surface area contributed by atoms with Crippen molar-refractivity contribution < 1.29 is 14.3 Å². The number of benzene rings is 2. The van der Waals surface area contributed by atoms with Crippen molar-refractivity contribution in [2.45, 2.75) is 13.1 Å². The van der Waals surface area contributed by atoms with Gasteiger partial charge in [-0.15, -0.1) is 0 Å². The van der Waals surface area contributed by atoms with Crippen LogP contribution in [-0.4, -0.2) is 55.2 Å². The predicted molar refractivity (Wildman–Crippen MR) is 108 cm³/mol. The van der Waals surface area contributed by atoms with E-state index in [0.29, 0.717) is 13.1 Å². The molecular formula is C21H24ClN3O3. The monoisotopic (exact) mass is 401 g/mol. The molecule has 4 rings (SSSR count). The Morgan fingerprint density at radius 1 is 0.929 bits per heavy atom. The summed E-state index contributed by atoms with van der Waals surface area (Å²) in [6.45, 7) is 5.80. The quantitative estimate of drug-likeness (QED) is 0.806. The lowest BCUT2D eigenvalue weighted by Gasteiger charge is -2.34. The van der Waals surface area contributed by atoms with Gasteiger partial charge in [-0.05, 0) is 35.4 Å². The molecule has 1 saturated heterocycles. The summed E-state index contributed by atoms with van der Waals surface area (Å²) in [7, 11) is 0.